The lowest BCUT2D eigenvalue weighted by atomic mass is 10.2. The normalized spacial score (nSPS) is 11.6. The van der Waals surface area contributed by atoms with Gasteiger partial charge in [0.2, 0.25) is 0 Å². The van der Waals surface area contributed by atoms with Crippen LogP contribution < -0.4 is 5.32 Å². The molecule has 2 aromatic heterocycles. The molecule has 2 heterocycles. The van der Waals surface area contributed by atoms with Crippen LogP contribution in [0.5, 0.6) is 0 Å². The summed E-state index contributed by atoms with van der Waals surface area (Å²) < 4.78 is 3.13. The van der Waals surface area contributed by atoms with Crippen molar-refractivity contribution in [3.8, 4) is 11.3 Å². The fraction of sp³-hybridized carbons (Fsp3) is 0.304. The van der Waals surface area contributed by atoms with Gasteiger partial charge in [-0.2, -0.15) is 0 Å². The third-order valence-corrected chi connectivity index (χ3v) is 6.60. The molecule has 0 radical (unpaired) electrons. The van der Waals surface area contributed by atoms with Crippen molar-refractivity contribution < 1.29 is 4.79 Å². The van der Waals surface area contributed by atoms with Crippen LogP contribution in [0.2, 0.25) is 5.02 Å². The second-order valence-electron chi connectivity index (χ2n) is 7.21. The Labute approximate surface area is 185 Å². The lowest BCUT2D eigenvalue weighted by molar-refractivity contribution is 0.0952. The molecule has 1 N–H and O–H groups in total. The summed E-state index contributed by atoms with van der Waals surface area (Å²) in [6.07, 6.45) is 2.99. The Bertz CT molecular complexity index is 1160. The second-order valence-corrected chi connectivity index (χ2v) is 8.65. The number of amides is 1. The number of imidazole rings is 1. The molecule has 0 spiro atoms. The van der Waals surface area contributed by atoms with E-state index in [1.165, 1.54) is 0 Å². The van der Waals surface area contributed by atoms with Gasteiger partial charge < -0.3 is 10.2 Å². The van der Waals surface area contributed by atoms with E-state index in [4.69, 9.17) is 16.6 Å². The minimum atomic E-state index is -0.0238. The number of benzene rings is 2. The first-order valence-corrected chi connectivity index (χ1v) is 11.5. The molecule has 0 atom stereocenters. The number of thiazole rings is 1. The Balaban J connectivity index is 1.48. The molecular formula is C23H25ClN4OS. The molecule has 2 aromatic carbocycles. The summed E-state index contributed by atoms with van der Waals surface area (Å²) >= 11 is 7.57. The Hall–Kier alpha value is -2.41. The van der Waals surface area contributed by atoms with Gasteiger partial charge in [0.25, 0.3) is 5.91 Å². The van der Waals surface area contributed by atoms with E-state index in [1.54, 1.807) is 11.3 Å². The van der Waals surface area contributed by atoms with E-state index in [0.29, 0.717) is 17.1 Å². The topological polar surface area (TPSA) is 49.6 Å². The van der Waals surface area contributed by atoms with Gasteiger partial charge in [0, 0.05) is 28.9 Å². The molecule has 7 heteroatoms. The lowest BCUT2D eigenvalue weighted by Gasteiger charge is -2.17. The third-order valence-electron chi connectivity index (χ3n) is 5.33. The zero-order valence-electron chi connectivity index (χ0n) is 17.2. The van der Waals surface area contributed by atoms with Gasteiger partial charge in [0.1, 0.15) is 0 Å². The monoisotopic (exact) mass is 440 g/mol. The van der Waals surface area contributed by atoms with Crippen LogP contribution in [0.3, 0.4) is 0 Å². The molecule has 1 amide bonds. The maximum atomic E-state index is 12.5. The molecule has 0 aliphatic heterocycles. The number of nitrogens with one attached hydrogen (secondary N) is 1. The van der Waals surface area contributed by atoms with Gasteiger partial charge in [-0.3, -0.25) is 9.20 Å². The maximum absolute atomic E-state index is 12.5. The molecule has 4 rings (SSSR count). The van der Waals surface area contributed by atoms with E-state index >= 15 is 0 Å². The Morgan fingerprint density at radius 2 is 1.93 bits per heavy atom. The Morgan fingerprint density at radius 1 is 1.17 bits per heavy atom. The van der Waals surface area contributed by atoms with E-state index in [9.17, 15) is 4.79 Å². The highest BCUT2D eigenvalue weighted by Gasteiger charge is 2.13. The van der Waals surface area contributed by atoms with Gasteiger partial charge in [-0.05, 0) is 56.4 Å². The first-order valence-electron chi connectivity index (χ1n) is 10.3. The van der Waals surface area contributed by atoms with E-state index < -0.39 is 0 Å². The van der Waals surface area contributed by atoms with Gasteiger partial charge in [-0.25, -0.2) is 4.98 Å². The highest BCUT2D eigenvalue weighted by molar-refractivity contribution is 7.23. The molecule has 0 aliphatic rings. The van der Waals surface area contributed by atoms with E-state index in [1.807, 2.05) is 48.7 Å². The minimum absolute atomic E-state index is 0.0238. The number of rotatable bonds is 8. The summed E-state index contributed by atoms with van der Waals surface area (Å²) in [6.45, 7) is 8.10. The van der Waals surface area contributed by atoms with Crippen LogP contribution in [-0.4, -0.2) is 46.4 Å². The summed E-state index contributed by atoms with van der Waals surface area (Å²) in [5.74, 6) is -0.0238. The van der Waals surface area contributed by atoms with Crippen molar-refractivity contribution in [3.63, 3.8) is 0 Å². The molecule has 0 bridgehead atoms. The van der Waals surface area contributed by atoms with Crippen molar-refractivity contribution in [3.05, 3.63) is 59.2 Å². The highest BCUT2D eigenvalue weighted by Crippen LogP contribution is 2.30. The van der Waals surface area contributed by atoms with Crippen molar-refractivity contribution in [2.75, 3.05) is 26.2 Å². The zero-order valence-corrected chi connectivity index (χ0v) is 18.8. The number of carbonyl (C=O) groups excluding carboxylic acids is 1. The van der Waals surface area contributed by atoms with Gasteiger partial charge in [0.05, 0.1) is 15.9 Å². The summed E-state index contributed by atoms with van der Waals surface area (Å²) in [4.78, 5) is 20.6. The van der Waals surface area contributed by atoms with Crippen molar-refractivity contribution in [1.82, 2.24) is 19.6 Å². The predicted octanol–water partition coefficient (Wildman–Crippen LogP) is 5.33. The van der Waals surface area contributed by atoms with E-state index in [2.05, 4.69) is 28.5 Å². The number of hydrogen-bond acceptors (Lipinski definition) is 4. The summed E-state index contributed by atoms with van der Waals surface area (Å²) in [6, 6.07) is 13.5. The molecule has 0 fully saturated rings. The number of halogens is 1. The first kappa shape index (κ1) is 20.8. The smallest absolute Gasteiger partial charge is 0.251 e. The second kappa shape index (κ2) is 9.16. The molecule has 5 nitrogen and oxygen atoms in total. The average Bonchev–Trinajstić information content (AvgIpc) is 3.31. The van der Waals surface area contributed by atoms with Gasteiger partial charge >= 0.3 is 0 Å². The van der Waals surface area contributed by atoms with Crippen molar-refractivity contribution in [2.24, 2.45) is 0 Å². The number of fused-ring (bicyclic) bond motifs is 3. The van der Waals surface area contributed by atoms with Crippen LogP contribution in [0.4, 0.5) is 0 Å². The van der Waals surface area contributed by atoms with E-state index in [0.717, 1.165) is 52.5 Å². The quantitative estimate of drug-likeness (QED) is 0.376. The SMILES string of the molecule is CCN(CC)CCCNC(=O)c1ccc2c(c1)sc1nc(-c3ccc(Cl)cc3)cn12. The van der Waals surface area contributed by atoms with E-state index in [-0.39, 0.29) is 5.91 Å². The third kappa shape index (κ3) is 4.36. The van der Waals surface area contributed by atoms with Crippen molar-refractivity contribution in [1.29, 1.82) is 0 Å². The molecule has 0 saturated carbocycles. The molecule has 0 saturated heterocycles. The minimum Gasteiger partial charge on any atom is -0.352 e. The van der Waals surface area contributed by atoms with Crippen LogP contribution in [0.1, 0.15) is 30.6 Å². The lowest BCUT2D eigenvalue weighted by Crippen LogP contribution is -2.29. The fourth-order valence-electron chi connectivity index (χ4n) is 3.55. The number of aromatic nitrogens is 2. The zero-order chi connectivity index (χ0) is 21.1. The van der Waals surface area contributed by atoms with Crippen LogP contribution in [0.15, 0.2) is 48.7 Å². The highest BCUT2D eigenvalue weighted by atomic mass is 35.5. The number of nitrogens with zero attached hydrogens (tertiary/aromatic N) is 3. The molecule has 0 aliphatic carbocycles. The Morgan fingerprint density at radius 3 is 2.67 bits per heavy atom. The average molecular weight is 441 g/mol. The summed E-state index contributed by atoms with van der Waals surface area (Å²) in [5, 5.41) is 3.75. The largest absolute Gasteiger partial charge is 0.352 e. The molecular weight excluding hydrogens is 416 g/mol. The summed E-state index contributed by atoms with van der Waals surface area (Å²) in [5.41, 5.74) is 3.69. The van der Waals surface area contributed by atoms with Gasteiger partial charge in [-0.1, -0.05) is 48.9 Å². The van der Waals surface area contributed by atoms with Crippen LogP contribution in [-0.2, 0) is 0 Å². The molecule has 30 heavy (non-hydrogen) atoms. The van der Waals surface area contributed by atoms with Crippen LogP contribution >= 0.6 is 22.9 Å². The van der Waals surface area contributed by atoms with Gasteiger partial charge in [-0.15, -0.1) is 0 Å². The molecule has 4 aromatic rings. The number of carbonyl (C=O) groups is 1. The molecule has 0 unspecified atom stereocenters. The van der Waals surface area contributed by atoms with Crippen LogP contribution in [0.25, 0.3) is 26.4 Å². The first-order chi connectivity index (χ1) is 14.6. The standard InChI is InChI=1S/C23H25ClN4OS/c1-3-27(4-2)13-5-12-25-22(29)17-8-11-20-21(14-17)30-23-26-19(15-28(20)23)16-6-9-18(24)10-7-16/h6-11,14-15H,3-5,12-13H2,1-2H3,(H,25,29). The van der Waals surface area contributed by atoms with Crippen molar-refractivity contribution >= 4 is 44.0 Å². The predicted molar refractivity (Wildman–Crippen MR) is 126 cm³/mol. The summed E-state index contributed by atoms with van der Waals surface area (Å²) in [7, 11) is 0. The fourth-order valence-corrected chi connectivity index (χ4v) is 4.72. The molecule has 156 valence electrons. The van der Waals surface area contributed by atoms with Crippen molar-refractivity contribution in [2.45, 2.75) is 20.3 Å². The Kier molecular flexibility index (Phi) is 6.37. The van der Waals surface area contributed by atoms with Crippen LogP contribution in [0, 0.1) is 0 Å². The van der Waals surface area contributed by atoms with Gasteiger partial charge in [0.15, 0.2) is 4.96 Å². The number of hydrogen-bond donors (Lipinski definition) is 1. The maximum Gasteiger partial charge on any atom is 0.251 e.